The topological polar surface area (TPSA) is 82.5 Å². The summed E-state index contributed by atoms with van der Waals surface area (Å²) in [5.41, 5.74) is 2.99. The fourth-order valence-corrected chi connectivity index (χ4v) is 3.24. The zero-order valence-electron chi connectivity index (χ0n) is 14.7. The lowest BCUT2D eigenvalue weighted by Crippen LogP contribution is -2.15. The lowest BCUT2D eigenvalue weighted by atomic mass is 10.2. The molecule has 7 nitrogen and oxygen atoms in total. The van der Waals surface area contributed by atoms with Gasteiger partial charge in [-0.25, -0.2) is 4.98 Å². The van der Waals surface area contributed by atoms with Crippen molar-refractivity contribution in [3.05, 3.63) is 70.3 Å². The first-order valence-corrected chi connectivity index (χ1v) is 9.20. The van der Waals surface area contributed by atoms with Gasteiger partial charge in [0.2, 0.25) is 5.89 Å². The number of aromatic nitrogens is 4. The van der Waals surface area contributed by atoms with Crippen LogP contribution in [0, 0.1) is 6.92 Å². The number of hydrogen-bond donors (Lipinski definition) is 0. The van der Waals surface area contributed by atoms with Crippen LogP contribution in [0.4, 0.5) is 0 Å². The Hall–Kier alpha value is -3.13. The van der Waals surface area contributed by atoms with E-state index in [0.29, 0.717) is 28.2 Å². The number of pyridine rings is 1. The highest BCUT2D eigenvalue weighted by molar-refractivity contribution is 7.98. The number of rotatable bonds is 5. The van der Waals surface area contributed by atoms with Gasteiger partial charge in [-0.3, -0.25) is 9.20 Å². The molecule has 0 spiro atoms. The fourth-order valence-electron chi connectivity index (χ4n) is 2.59. The van der Waals surface area contributed by atoms with E-state index in [-0.39, 0.29) is 5.56 Å². The molecule has 0 amide bonds. The second kappa shape index (κ2) is 7.24. The van der Waals surface area contributed by atoms with E-state index in [1.165, 1.54) is 22.2 Å². The highest BCUT2D eigenvalue weighted by atomic mass is 32.2. The number of thioether (sulfide) groups is 1. The quantitative estimate of drug-likeness (QED) is 0.491. The van der Waals surface area contributed by atoms with Crippen molar-refractivity contribution >= 4 is 17.4 Å². The van der Waals surface area contributed by atoms with Crippen molar-refractivity contribution in [2.75, 3.05) is 7.11 Å². The summed E-state index contributed by atoms with van der Waals surface area (Å²) >= 11 is 1.34. The predicted molar refractivity (Wildman–Crippen MR) is 102 cm³/mol. The number of ether oxygens (including phenoxy) is 1. The Labute approximate surface area is 159 Å². The minimum Gasteiger partial charge on any atom is -0.497 e. The SMILES string of the molecule is COc1ccc(-c2nnc(SCc3cc(=O)n4cc(C)ccc4n3)o2)cc1. The van der Waals surface area contributed by atoms with E-state index in [0.717, 1.165) is 16.9 Å². The van der Waals surface area contributed by atoms with Crippen molar-refractivity contribution in [3.8, 4) is 17.2 Å². The number of benzene rings is 1. The molecule has 0 aliphatic carbocycles. The summed E-state index contributed by atoms with van der Waals surface area (Å²) in [5, 5.41) is 8.54. The molecule has 4 aromatic rings. The number of hydrogen-bond acceptors (Lipinski definition) is 7. The molecule has 3 aromatic heterocycles. The lowest BCUT2D eigenvalue weighted by Gasteiger charge is -2.03. The molecule has 0 bridgehead atoms. The third-order valence-corrected chi connectivity index (χ3v) is 4.80. The Morgan fingerprint density at radius 2 is 1.96 bits per heavy atom. The molecule has 0 radical (unpaired) electrons. The molecule has 0 saturated heterocycles. The van der Waals surface area contributed by atoms with Gasteiger partial charge >= 0.3 is 0 Å². The first-order valence-electron chi connectivity index (χ1n) is 8.22. The molecule has 0 atom stereocenters. The molecule has 0 saturated carbocycles. The predicted octanol–water partition coefficient (Wildman–Crippen LogP) is 3.35. The van der Waals surface area contributed by atoms with Gasteiger partial charge in [0, 0.05) is 23.6 Å². The van der Waals surface area contributed by atoms with Gasteiger partial charge in [-0.05, 0) is 42.8 Å². The summed E-state index contributed by atoms with van der Waals surface area (Å²) in [4.78, 5) is 16.8. The summed E-state index contributed by atoms with van der Waals surface area (Å²) in [6.45, 7) is 1.94. The molecule has 8 heteroatoms. The minimum atomic E-state index is -0.108. The van der Waals surface area contributed by atoms with Gasteiger partial charge < -0.3 is 9.15 Å². The number of aryl methyl sites for hydroxylation is 1. The maximum Gasteiger partial charge on any atom is 0.277 e. The zero-order valence-corrected chi connectivity index (χ0v) is 15.6. The van der Waals surface area contributed by atoms with Crippen molar-refractivity contribution in [3.63, 3.8) is 0 Å². The summed E-state index contributed by atoms with van der Waals surface area (Å²) in [5.74, 6) is 1.66. The van der Waals surface area contributed by atoms with Crippen LogP contribution in [0.3, 0.4) is 0 Å². The van der Waals surface area contributed by atoms with E-state index < -0.39 is 0 Å². The molecule has 1 aromatic carbocycles. The monoisotopic (exact) mass is 380 g/mol. The summed E-state index contributed by atoms with van der Waals surface area (Å²) in [6, 6.07) is 12.7. The summed E-state index contributed by atoms with van der Waals surface area (Å²) < 4.78 is 12.4. The van der Waals surface area contributed by atoms with Crippen molar-refractivity contribution < 1.29 is 9.15 Å². The van der Waals surface area contributed by atoms with Crippen molar-refractivity contribution in [1.29, 1.82) is 0 Å². The van der Waals surface area contributed by atoms with Crippen LogP contribution in [0.2, 0.25) is 0 Å². The van der Waals surface area contributed by atoms with E-state index >= 15 is 0 Å². The molecular formula is C19H16N4O3S. The van der Waals surface area contributed by atoms with Gasteiger partial charge in [0.1, 0.15) is 11.4 Å². The van der Waals surface area contributed by atoms with Gasteiger partial charge in [0.15, 0.2) is 0 Å². The molecule has 0 N–H and O–H groups in total. The highest BCUT2D eigenvalue weighted by Crippen LogP contribution is 2.26. The van der Waals surface area contributed by atoms with E-state index in [1.54, 1.807) is 13.3 Å². The van der Waals surface area contributed by atoms with Crippen LogP contribution < -0.4 is 10.3 Å². The van der Waals surface area contributed by atoms with Gasteiger partial charge in [-0.15, -0.1) is 10.2 Å². The van der Waals surface area contributed by atoms with Crippen LogP contribution in [0.25, 0.3) is 17.1 Å². The molecule has 0 aliphatic rings. The van der Waals surface area contributed by atoms with Crippen LogP contribution in [-0.2, 0) is 5.75 Å². The van der Waals surface area contributed by atoms with Crippen LogP contribution in [0.5, 0.6) is 5.75 Å². The van der Waals surface area contributed by atoms with Crippen molar-refractivity contribution in [2.24, 2.45) is 0 Å². The first-order chi connectivity index (χ1) is 13.1. The van der Waals surface area contributed by atoms with Gasteiger partial charge in [0.05, 0.1) is 12.8 Å². The third kappa shape index (κ3) is 3.70. The maximum atomic E-state index is 12.3. The van der Waals surface area contributed by atoms with Gasteiger partial charge in [-0.1, -0.05) is 17.8 Å². The molecule has 0 aliphatic heterocycles. The molecule has 0 unspecified atom stereocenters. The number of methoxy groups -OCH3 is 1. The Kier molecular flexibility index (Phi) is 4.64. The lowest BCUT2D eigenvalue weighted by molar-refractivity contribution is 0.414. The second-order valence-corrected chi connectivity index (χ2v) is 6.84. The maximum absolute atomic E-state index is 12.3. The van der Waals surface area contributed by atoms with E-state index in [1.807, 2.05) is 43.3 Å². The molecule has 3 heterocycles. The van der Waals surface area contributed by atoms with Gasteiger partial charge in [0.25, 0.3) is 10.8 Å². The smallest absolute Gasteiger partial charge is 0.277 e. The van der Waals surface area contributed by atoms with E-state index in [2.05, 4.69) is 15.2 Å². The van der Waals surface area contributed by atoms with Crippen molar-refractivity contribution in [2.45, 2.75) is 17.9 Å². The minimum absolute atomic E-state index is 0.108. The Morgan fingerprint density at radius 1 is 1.15 bits per heavy atom. The zero-order chi connectivity index (χ0) is 18.8. The van der Waals surface area contributed by atoms with Crippen LogP contribution >= 0.6 is 11.8 Å². The van der Waals surface area contributed by atoms with Crippen LogP contribution in [-0.4, -0.2) is 26.7 Å². The standard InChI is InChI=1S/C19H16N4O3S/c1-12-3-8-16-20-14(9-17(24)23(16)10-12)11-27-19-22-21-18(26-19)13-4-6-15(25-2)7-5-13/h3-10H,11H2,1-2H3. The van der Waals surface area contributed by atoms with Gasteiger partial charge in [-0.2, -0.15) is 0 Å². The molecule has 136 valence electrons. The normalized spacial score (nSPS) is 11.0. The average Bonchev–Trinajstić information content (AvgIpc) is 3.16. The molecular weight excluding hydrogens is 364 g/mol. The highest BCUT2D eigenvalue weighted by Gasteiger charge is 2.11. The van der Waals surface area contributed by atoms with Crippen LogP contribution in [0.1, 0.15) is 11.3 Å². The first kappa shape index (κ1) is 17.3. The Balaban J connectivity index is 1.50. The fraction of sp³-hybridized carbons (Fsp3) is 0.158. The van der Waals surface area contributed by atoms with E-state index in [4.69, 9.17) is 9.15 Å². The Morgan fingerprint density at radius 3 is 2.74 bits per heavy atom. The summed E-state index contributed by atoms with van der Waals surface area (Å²) in [6.07, 6.45) is 1.78. The molecule has 0 fully saturated rings. The third-order valence-electron chi connectivity index (χ3n) is 3.95. The molecule has 27 heavy (non-hydrogen) atoms. The van der Waals surface area contributed by atoms with Crippen LogP contribution in [0.15, 0.2) is 63.1 Å². The average molecular weight is 380 g/mol. The largest absolute Gasteiger partial charge is 0.497 e. The number of fused-ring (bicyclic) bond motifs is 1. The Bertz CT molecular complexity index is 1150. The summed E-state index contributed by atoms with van der Waals surface area (Å²) in [7, 11) is 1.62. The number of nitrogens with zero attached hydrogens (tertiary/aromatic N) is 4. The van der Waals surface area contributed by atoms with E-state index in [9.17, 15) is 4.79 Å². The van der Waals surface area contributed by atoms with Crippen molar-refractivity contribution in [1.82, 2.24) is 19.6 Å². The molecule has 4 rings (SSSR count). The second-order valence-electron chi connectivity index (χ2n) is 5.91.